The molecule has 0 amide bonds. The van der Waals surface area contributed by atoms with Crippen LogP contribution >= 0.6 is 24.0 Å². The SMILES string of the molecule is CN=C(NCCC1=CCCCC1)NCC(C)N(C)C1CC1.I. The smallest absolute Gasteiger partial charge is 0.191 e. The predicted molar refractivity (Wildman–Crippen MR) is 106 cm³/mol. The number of likely N-dealkylation sites (N-methyl/N-ethyl adjacent to an activating group) is 1. The van der Waals surface area contributed by atoms with Gasteiger partial charge in [0.2, 0.25) is 0 Å². The summed E-state index contributed by atoms with van der Waals surface area (Å²) in [6, 6.07) is 1.37. The largest absolute Gasteiger partial charge is 0.356 e. The molecule has 2 N–H and O–H groups in total. The van der Waals surface area contributed by atoms with Crippen molar-refractivity contribution in [1.82, 2.24) is 15.5 Å². The van der Waals surface area contributed by atoms with Gasteiger partial charge in [0.15, 0.2) is 5.96 Å². The Morgan fingerprint density at radius 1 is 1.36 bits per heavy atom. The molecule has 0 saturated heterocycles. The van der Waals surface area contributed by atoms with E-state index < -0.39 is 0 Å². The van der Waals surface area contributed by atoms with Crippen LogP contribution < -0.4 is 10.6 Å². The third-order valence-corrected chi connectivity index (χ3v) is 4.73. The Morgan fingerprint density at radius 3 is 2.73 bits per heavy atom. The second-order valence-corrected chi connectivity index (χ2v) is 6.48. The summed E-state index contributed by atoms with van der Waals surface area (Å²) >= 11 is 0. The van der Waals surface area contributed by atoms with Crippen LogP contribution in [-0.2, 0) is 0 Å². The number of rotatable bonds is 7. The van der Waals surface area contributed by atoms with Crippen molar-refractivity contribution in [2.45, 2.75) is 64.0 Å². The Morgan fingerprint density at radius 2 is 2.14 bits per heavy atom. The van der Waals surface area contributed by atoms with E-state index >= 15 is 0 Å². The van der Waals surface area contributed by atoms with Crippen molar-refractivity contribution in [3.05, 3.63) is 11.6 Å². The fourth-order valence-corrected chi connectivity index (χ4v) is 2.92. The molecule has 0 aromatic heterocycles. The molecule has 0 bridgehead atoms. The molecule has 0 radical (unpaired) electrons. The number of nitrogens with zero attached hydrogens (tertiary/aromatic N) is 2. The standard InChI is InChI=1S/C17H32N4.HI/c1-14(21(3)16-9-10-16)13-20-17(18-2)19-12-11-15-7-5-4-6-8-15;/h7,14,16H,4-6,8-13H2,1-3H3,(H2,18,19,20);1H. The fourth-order valence-electron chi connectivity index (χ4n) is 2.92. The maximum absolute atomic E-state index is 4.32. The molecular weight excluding hydrogens is 387 g/mol. The summed E-state index contributed by atoms with van der Waals surface area (Å²) in [5.74, 6) is 0.933. The van der Waals surface area contributed by atoms with Crippen molar-refractivity contribution in [2.75, 3.05) is 27.2 Å². The molecule has 0 aliphatic heterocycles. The quantitative estimate of drug-likeness (QED) is 0.288. The van der Waals surface area contributed by atoms with Gasteiger partial charge in [0.25, 0.3) is 0 Å². The predicted octanol–water partition coefficient (Wildman–Crippen LogP) is 3.14. The Labute approximate surface area is 153 Å². The van der Waals surface area contributed by atoms with E-state index in [1.807, 2.05) is 7.05 Å². The van der Waals surface area contributed by atoms with Crippen molar-refractivity contribution in [3.8, 4) is 0 Å². The summed E-state index contributed by atoms with van der Waals surface area (Å²) < 4.78 is 0. The van der Waals surface area contributed by atoms with Crippen LogP contribution in [0.5, 0.6) is 0 Å². The number of nitrogens with one attached hydrogen (secondary N) is 2. The van der Waals surface area contributed by atoms with E-state index in [0.29, 0.717) is 6.04 Å². The van der Waals surface area contributed by atoms with Crippen LogP contribution in [0, 0.1) is 0 Å². The first-order valence-electron chi connectivity index (χ1n) is 8.55. The van der Waals surface area contributed by atoms with E-state index in [4.69, 9.17) is 0 Å². The second-order valence-electron chi connectivity index (χ2n) is 6.48. The second kappa shape index (κ2) is 10.5. The van der Waals surface area contributed by atoms with Crippen LogP contribution in [0.4, 0.5) is 0 Å². The molecule has 128 valence electrons. The molecule has 5 heteroatoms. The Hall–Kier alpha value is -0.300. The summed E-state index contributed by atoms with van der Waals surface area (Å²) in [6.45, 7) is 4.22. The minimum Gasteiger partial charge on any atom is -0.356 e. The van der Waals surface area contributed by atoms with Gasteiger partial charge in [0.05, 0.1) is 0 Å². The van der Waals surface area contributed by atoms with Crippen molar-refractivity contribution in [2.24, 2.45) is 4.99 Å². The third-order valence-electron chi connectivity index (χ3n) is 4.73. The first-order valence-corrected chi connectivity index (χ1v) is 8.55. The lowest BCUT2D eigenvalue weighted by Gasteiger charge is -2.25. The van der Waals surface area contributed by atoms with E-state index in [1.165, 1.54) is 38.5 Å². The average molecular weight is 420 g/mol. The van der Waals surface area contributed by atoms with Crippen LogP contribution in [0.2, 0.25) is 0 Å². The molecule has 0 aromatic rings. The minimum atomic E-state index is 0. The summed E-state index contributed by atoms with van der Waals surface area (Å²) in [7, 11) is 4.08. The molecule has 0 heterocycles. The molecule has 1 atom stereocenters. The summed E-state index contributed by atoms with van der Waals surface area (Å²) in [4.78, 5) is 6.80. The lowest BCUT2D eigenvalue weighted by molar-refractivity contribution is 0.247. The van der Waals surface area contributed by atoms with Gasteiger partial charge in [0.1, 0.15) is 0 Å². The molecule has 4 nitrogen and oxygen atoms in total. The van der Waals surface area contributed by atoms with Gasteiger partial charge < -0.3 is 10.6 Å². The number of hydrogen-bond acceptors (Lipinski definition) is 2. The number of hydrogen-bond donors (Lipinski definition) is 2. The Kier molecular flexibility index (Phi) is 9.40. The van der Waals surface area contributed by atoms with Crippen molar-refractivity contribution in [3.63, 3.8) is 0 Å². The van der Waals surface area contributed by atoms with Crippen LogP contribution in [0.1, 0.15) is 51.9 Å². The number of aliphatic imine (C=N–C) groups is 1. The van der Waals surface area contributed by atoms with Crippen LogP contribution in [0.15, 0.2) is 16.6 Å². The topological polar surface area (TPSA) is 39.7 Å². The molecule has 1 fully saturated rings. The highest BCUT2D eigenvalue weighted by molar-refractivity contribution is 14.0. The van der Waals surface area contributed by atoms with Crippen molar-refractivity contribution >= 4 is 29.9 Å². The molecule has 1 unspecified atom stereocenters. The van der Waals surface area contributed by atoms with Gasteiger partial charge in [-0.25, -0.2) is 0 Å². The summed E-state index contributed by atoms with van der Waals surface area (Å²) in [5, 5.41) is 6.88. The first kappa shape index (κ1) is 19.7. The fraction of sp³-hybridized carbons (Fsp3) is 0.824. The van der Waals surface area contributed by atoms with E-state index in [1.54, 1.807) is 5.57 Å². The highest BCUT2D eigenvalue weighted by Crippen LogP contribution is 2.26. The van der Waals surface area contributed by atoms with Crippen LogP contribution in [0.25, 0.3) is 0 Å². The van der Waals surface area contributed by atoms with Gasteiger partial charge in [-0.2, -0.15) is 0 Å². The summed E-state index contributed by atoms with van der Waals surface area (Å²) in [6.07, 6.45) is 11.6. The highest BCUT2D eigenvalue weighted by Gasteiger charge is 2.28. The van der Waals surface area contributed by atoms with Gasteiger partial charge in [-0.15, -0.1) is 24.0 Å². The normalized spacial score (nSPS) is 20.2. The molecule has 2 aliphatic carbocycles. The zero-order valence-corrected chi connectivity index (χ0v) is 16.7. The molecule has 0 spiro atoms. The molecule has 22 heavy (non-hydrogen) atoms. The van der Waals surface area contributed by atoms with Crippen molar-refractivity contribution < 1.29 is 0 Å². The van der Waals surface area contributed by atoms with E-state index in [2.05, 4.69) is 40.6 Å². The highest BCUT2D eigenvalue weighted by atomic mass is 127. The maximum atomic E-state index is 4.32. The average Bonchev–Trinajstić information content (AvgIpc) is 3.35. The van der Waals surface area contributed by atoms with E-state index in [9.17, 15) is 0 Å². The van der Waals surface area contributed by atoms with Gasteiger partial charge in [-0.1, -0.05) is 11.6 Å². The van der Waals surface area contributed by atoms with Crippen LogP contribution in [0.3, 0.4) is 0 Å². The minimum absolute atomic E-state index is 0. The molecular formula is C17H33IN4. The lowest BCUT2D eigenvalue weighted by Crippen LogP contribution is -2.45. The first-order chi connectivity index (χ1) is 10.2. The number of allylic oxidation sites excluding steroid dienone is 1. The van der Waals surface area contributed by atoms with Gasteiger partial charge in [-0.3, -0.25) is 9.89 Å². The molecule has 2 rings (SSSR count). The molecule has 1 saturated carbocycles. The maximum Gasteiger partial charge on any atom is 0.191 e. The Bertz CT molecular complexity index is 377. The molecule has 0 aromatic carbocycles. The Balaban J connectivity index is 0.00000242. The molecule has 2 aliphatic rings. The lowest BCUT2D eigenvalue weighted by atomic mass is 9.97. The van der Waals surface area contributed by atoms with E-state index in [-0.39, 0.29) is 24.0 Å². The van der Waals surface area contributed by atoms with Gasteiger partial charge >= 0.3 is 0 Å². The van der Waals surface area contributed by atoms with Gasteiger partial charge in [-0.05, 0) is 58.9 Å². The van der Waals surface area contributed by atoms with E-state index in [0.717, 1.165) is 31.5 Å². The zero-order chi connectivity index (χ0) is 15.1. The number of halogens is 1. The van der Waals surface area contributed by atoms with Gasteiger partial charge in [0, 0.05) is 32.2 Å². The van der Waals surface area contributed by atoms with Crippen LogP contribution in [-0.4, -0.2) is 50.1 Å². The number of guanidine groups is 1. The zero-order valence-electron chi connectivity index (χ0n) is 14.4. The van der Waals surface area contributed by atoms with Crippen molar-refractivity contribution in [1.29, 1.82) is 0 Å². The summed E-state index contributed by atoms with van der Waals surface area (Å²) in [5.41, 5.74) is 1.62. The monoisotopic (exact) mass is 420 g/mol. The third kappa shape index (κ3) is 6.86.